The molecule has 0 saturated carbocycles. The molecule has 41 heavy (non-hydrogen) atoms. The summed E-state index contributed by atoms with van der Waals surface area (Å²) in [5, 5.41) is 12.8. The van der Waals surface area contributed by atoms with Crippen molar-refractivity contribution in [1.82, 2.24) is 35.5 Å². The van der Waals surface area contributed by atoms with E-state index in [0.717, 1.165) is 23.4 Å². The summed E-state index contributed by atoms with van der Waals surface area (Å²) in [6.45, 7) is 6.59. The van der Waals surface area contributed by atoms with E-state index in [0.29, 0.717) is 57.3 Å². The minimum Gasteiger partial charge on any atom is -0.384 e. The molecule has 12 nitrogen and oxygen atoms in total. The Balaban J connectivity index is 1.48. The van der Waals surface area contributed by atoms with Crippen molar-refractivity contribution in [1.29, 1.82) is 0 Å². The summed E-state index contributed by atoms with van der Waals surface area (Å²) < 4.78 is 48.5. The van der Waals surface area contributed by atoms with E-state index in [1.807, 2.05) is 11.0 Å². The van der Waals surface area contributed by atoms with E-state index < -0.39 is 11.7 Å². The van der Waals surface area contributed by atoms with Crippen molar-refractivity contribution in [3.8, 4) is 11.4 Å². The number of ether oxygens (including phenoxy) is 1. The third kappa shape index (κ3) is 7.91. The number of rotatable bonds is 10. The number of nitrogens with zero attached hydrogens (tertiary/aromatic N) is 5. The largest absolute Gasteiger partial charge is 0.417 e. The van der Waals surface area contributed by atoms with Crippen LogP contribution in [0, 0.1) is 0 Å². The van der Waals surface area contributed by atoms with Crippen LogP contribution in [0.15, 0.2) is 36.2 Å². The summed E-state index contributed by atoms with van der Waals surface area (Å²) in [4.78, 5) is 33.9. The van der Waals surface area contributed by atoms with Gasteiger partial charge in [0, 0.05) is 51.2 Å². The summed E-state index contributed by atoms with van der Waals surface area (Å²) in [7, 11) is 0. The Hall–Kier alpha value is -4.24. The van der Waals surface area contributed by atoms with Crippen molar-refractivity contribution < 1.29 is 27.5 Å². The standard InChI is InChI=1S/C26H32F3N9O3/c1-16(2)9-22(39)34-14-23(40)32-4-3-31-12-17-10-20-25(37-5-7-41-8-6-37)35-24(36-38(20)15-17)18-13-33-21(30)11-19(18)26(27,28)29/h9-11,13,15,31H,3-8,12,14H2,1-2H3,(H2,30,33)(H,32,40)(H,34,39). The number of halogens is 3. The molecular formula is C26H32F3N9O3. The van der Waals surface area contributed by atoms with E-state index in [1.54, 1.807) is 20.0 Å². The predicted molar refractivity (Wildman–Crippen MR) is 146 cm³/mol. The van der Waals surface area contributed by atoms with Crippen LogP contribution in [0.4, 0.5) is 24.8 Å². The van der Waals surface area contributed by atoms with E-state index in [-0.39, 0.29) is 35.6 Å². The number of hydrogen-bond acceptors (Lipinski definition) is 9. The zero-order valence-electron chi connectivity index (χ0n) is 22.7. The van der Waals surface area contributed by atoms with Gasteiger partial charge >= 0.3 is 6.18 Å². The van der Waals surface area contributed by atoms with Crippen LogP contribution >= 0.6 is 0 Å². The third-order valence-electron chi connectivity index (χ3n) is 6.08. The monoisotopic (exact) mass is 575 g/mol. The number of carbonyl (C=O) groups excluding carboxylic acids is 2. The van der Waals surface area contributed by atoms with Gasteiger partial charge < -0.3 is 31.3 Å². The number of anilines is 2. The van der Waals surface area contributed by atoms with Crippen molar-refractivity contribution in [3.63, 3.8) is 0 Å². The Bertz CT molecular complexity index is 1430. The van der Waals surface area contributed by atoms with E-state index in [2.05, 4.69) is 31.0 Å². The predicted octanol–water partition coefficient (Wildman–Crippen LogP) is 1.52. The molecule has 4 heterocycles. The molecule has 3 aromatic rings. The minimum atomic E-state index is -4.68. The fourth-order valence-electron chi connectivity index (χ4n) is 4.21. The van der Waals surface area contributed by atoms with Crippen molar-refractivity contribution in [2.45, 2.75) is 26.6 Å². The Labute approximate surface area is 234 Å². The Morgan fingerprint density at radius 2 is 1.90 bits per heavy atom. The van der Waals surface area contributed by atoms with Gasteiger partial charge in [0.05, 0.1) is 30.9 Å². The molecule has 3 aromatic heterocycles. The molecule has 1 fully saturated rings. The fraction of sp³-hybridized carbons (Fsp3) is 0.423. The molecule has 15 heteroatoms. The van der Waals surface area contributed by atoms with Crippen LogP contribution in [-0.2, 0) is 27.0 Å². The summed E-state index contributed by atoms with van der Waals surface area (Å²) in [5.41, 5.74) is 6.58. The van der Waals surface area contributed by atoms with Crippen LogP contribution in [0.3, 0.4) is 0 Å². The van der Waals surface area contributed by atoms with Gasteiger partial charge in [-0.05, 0) is 31.5 Å². The average Bonchev–Trinajstić information content (AvgIpc) is 3.33. The zero-order valence-corrected chi connectivity index (χ0v) is 22.7. The van der Waals surface area contributed by atoms with Gasteiger partial charge in [-0.25, -0.2) is 14.5 Å². The number of hydrogen-bond donors (Lipinski definition) is 4. The molecule has 1 aliphatic rings. The maximum Gasteiger partial charge on any atom is 0.417 e. The van der Waals surface area contributed by atoms with Gasteiger partial charge in [0.1, 0.15) is 11.3 Å². The van der Waals surface area contributed by atoms with E-state index in [9.17, 15) is 22.8 Å². The van der Waals surface area contributed by atoms with Gasteiger partial charge in [-0.2, -0.15) is 13.2 Å². The average molecular weight is 576 g/mol. The van der Waals surface area contributed by atoms with Gasteiger partial charge in [0.25, 0.3) is 0 Å². The first-order valence-corrected chi connectivity index (χ1v) is 13.0. The second kappa shape index (κ2) is 13.0. The highest BCUT2D eigenvalue weighted by Gasteiger charge is 2.35. The van der Waals surface area contributed by atoms with Crippen LogP contribution in [0.25, 0.3) is 16.9 Å². The van der Waals surface area contributed by atoms with Gasteiger partial charge in [-0.1, -0.05) is 5.57 Å². The topological polar surface area (TPSA) is 152 Å². The highest BCUT2D eigenvalue weighted by molar-refractivity contribution is 5.91. The van der Waals surface area contributed by atoms with Gasteiger partial charge in [-0.3, -0.25) is 9.59 Å². The maximum atomic E-state index is 13.8. The van der Waals surface area contributed by atoms with Crippen molar-refractivity contribution in [2.75, 3.05) is 56.6 Å². The number of nitrogens with two attached hydrogens (primary N) is 1. The molecule has 0 unspecified atom stereocenters. The lowest BCUT2D eigenvalue weighted by molar-refractivity contribution is -0.137. The number of amides is 2. The first-order chi connectivity index (χ1) is 19.5. The fourth-order valence-corrected chi connectivity index (χ4v) is 4.21. The summed E-state index contributed by atoms with van der Waals surface area (Å²) in [6, 6.07) is 2.64. The molecule has 0 atom stereocenters. The first-order valence-electron chi connectivity index (χ1n) is 13.0. The summed E-state index contributed by atoms with van der Waals surface area (Å²) in [6.07, 6.45) is -0.513. The number of carbonyl (C=O) groups is 2. The Kier molecular flexibility index (Phi) is 9.39. The van der Waals surface area contributed by atoms with Crippen LogP contribution in [0.5, 0.6) is 0 Å². The summed E-state index contributed by atoms with van der Waals surface area (Å²) >= 11 is 0. The van der Waals surface area contributed by atoms with E-state index >= 15 is 0 Å². The number of fused-ring (bicyclic) bond motifs is 1. The number of nitrogen functional groups attached to an aromatic ring is 1. The minimum absolute atomic E-state index is 0.127. The van der Waals surface area contributed by atoms with Crippen molar-refractivity contribution in [2.24, 2.45) is 0 Å². The van der Waals surface area contributed by atoms with E-state index in [4.69, 9.17) is 10.5 Å². The molecule has 0 spiro atoms. The lowest BCUT2D eigenvalue weighted by atomic mass is 10.1. The number of pyridine rings is 1. The second-order valence-corrected chi connectivity index (χ2v) is 9.66. The molecule has 0 bridgehead atoms. The molecule has 0 aromatic carbocycles. The van der Waals surface area contributed by atoms with Crippen molar-refractivity contribution in [3.05, 3.63) is 47.3 Å². The lowest BCUT2D eigenvalue weighted by Gasteiger charge is -2.28. The number of alkyl halides is 3. The molecule has 2 amide bonds. The molecule has 5 N–H and O–H groups in total. The van der Waals surface area contributed by atoms with Gasteiger partial charge in [-0.15, -0.1) is 5.10 Å². The Morgan fingerprint density at radius 1 is 1.15 bits per heavy atom. The Morgan fingerprint density at radius 3 is 2.61 bits per heavy atom. The van der Waals surface area contributed by atoms with E-state index in [1.165, 1.54) is 10.6 Å². The summed E-state index contributed by atoms with van der Waals surface area (Å²) in [5.74, 6) is -0.547. The number of morpholine rings is 1. The molecule has 0 radical (unpaired) electrons. The van der Waals surface area contributed by atoms with Crippen LogP contribution < -0.4 is 26.6 Å². The lowest BCUT2D eigenvalue weighted by Crippen LogP contribution is -2.39. The SMILES string of the molecule is CC(C)=CC(=O)NCC(=O)NCCNCc1cc2c(N3CCOCC3)nc(-c3cnc(N)cc3C(F)(F)F)nn2c1. The second-order valence-electron chi connectivity index (χ2n) is 9.66. The van der Waals surface area contributed by atoms with Crippen LogP contribution in [0.2, 0.25) is 0 Å². The number of nitrogens with one attached hydrogen (secondary N) is 3. The quantitative estimate of drug-likeness (QED) is 0.208. The first kappa shape index (κ1) is 29.7. The molecule has 0 aliphatic carbocycles. The highest BCUT2D eigenvalue weighted by atomic mass is 19.4. The van der Waals surface area contributed by atoms with Crippen LogP contribution in [-0.4, -0.2) is 77.3 Å². The van der Waals surface area contributed by atoms with Gasteiger partial charge in [0.2, 0.25) is 11.8 Å². The highest BCUT2D eigenvalue weighted by Crippen LogP contribution is 2.37. The molecule has 1 aliphatic heterocycles. The number of aromatic nitrogens is 4. The molecule has 4 rings (SSSR count). The molecule has 220 valence electrons. The number of allylic oxidation sites excluding steroid dienone is 1. The van der Waals surface area contributed by atoms with Crippen LogP contribution in [0.1, 0.15) is 25.0 Å². The molecular weight excluding hydrogens is 543 g/mol. The normalized spacial score (nSPS) is 13.7. The third-order valence-corrected chi connectivity index (χ3v) is 6.08. The maximum absolute atomic E-state index is 13.8. The van der Waals surface area contributed by atoms with Crippen molar-refractivity contribution >= 4 is 29.0 Å². The molecule has 1 saturated heterocycles. The smallest absolute Gasteiger partial charge is 0.384 e. The van der Waals surface area contributed by atoms with Gasteiger partial charge in [0.15, 0.2) is 11.6 Å². The zero-order chi connectivity index (χ0) is 29.6.